The molecule has 7 nitrogen and oxygen atoms in total. The molecule has 0 aliphatic heterocycles. The normalized spacial score (nSPS) is 11.2. The summed E-state index contributed by atoms with van der Waals surface area (Å²) in [6.07, 6.45) is 0.618. The lowest BCUT2D eigenvalue weighted by atomic mass is 10.1. The van der Waals surface area contributed by atoms with Crippen molar-refractivity contribution in [1.82, 2.24) is 9.62 Å². The van der Waals surface area contributed by atoms with E-state index in [-0.39, 0.29) is 4.90 Å². The molecule has 2 aromatic rings. The molecule has 140 valence electrons. The Morgan fingerprint density at radius 2 is 1.85 bits per heavy atom. The van der Waals surface area contributed by atoms with E-state index in [1.165, 1.54) is 26.2 Å². The van der Waals surface area contributed by atoms with E-state index in [0.717, 1.165) is 15.6 Å². The fraction of sp³-hybridized carbons (Fsp3) is 0.278. The van der Waals surface area contributed by atoms with Crippen LogP contribution >= 0.6 is 0 Å². The maximum atomic E-state index is 12.1. The zero-order valence-corrected chi connectivity index (χ0v) is 15.8. The number of benzene rings is 2. The van der Waals surface area contributed by atoms with E-state index in [4.69, 9.17) is 4.74 Å². The zero-order chi connectivity index (χ0) is 19.2. The number of anilines is 1. The average Bonchev–Trinajstić information content (AvgIpc) is 2.62. The fourth-order valence-corrected chi connectivity index (χ4v) is 3.29. The highest BCUT2D eigenvalue weighted by Gasteiger charge is 2.17. The molecule has 8 heteroatoms. The molecule has 0 aromatic heterocycles. The minimum absolute atomic E-state index is 0.120. The minimum Gasteiger partial charge on any atom is -0.496 e. The number of para-hydroxylation sites is 1. The van der Waals surface area contributed by atoms with E-state index < -0.39 is 16.1 Å². The summed E-state index contributed by atoms with van der Waals surface area (Å²) < 4.78 is 30.7. The summed E-state index contributed by atoms with van der Waals surface area (Å²) in [4.78, 5) is 12.2. The number of nitrogens with one attached hydrogen (secondary N) is 2. The smallest absolute Gasteiger partial charge is 0.319 e. The Morgan fingerprint density at radius 1 is 1.12 bits per heavy atom. The molecule has 2 rings (SSSR count). The van der Waals surface area contributed by atoms with Crippen LogP contribution in [0, 0.1) is 0 Å². The second-order valence-electron chi connectivity index (χ2n) is 5.76. The van der Waals surface area contributed by atoms with Crippen LogP contribution in [0.15, 0.2) is 53.4 Å². The third kappa shape index (κ3) is 4.96. The molecule has 0 heterocycles. The van der Waals surface area contributed by atoms with Gasteiger partial charge in [0.25, 0.3) is 0 Å². The minimum atomic E-state index is -3.55. The molecule has 0 fully saturated rings. The Labute approximate surface area is 154 Å². The first kappa shape index (κ1) is 19.7. The van der Waals surface area contributed by atoms with Gasteiger partial charge < -0.3 is 15.4 Å². The van der Waals surface area contributed by atoms with Gasteiger partial charge in [-0.3, -0.25) is 0 Å². The topological polar surface area (TPSA) is 87.7 Å². The van der Waals surface area contributed by atoms with Crippen molar-refractivity contribution in [3.05, 3.63) is 54.1 Å². The van der Waals surface area contributed by atoms with E-state index in [1.54, 1.807) is 19.2 Å². The van der Waals surface area contributed by atoms with Crippen LogP contribution < -0.4 is 15.4 Å². The summed E-state index contributed by atoms with van der Waals surface area (Å²) in [5.41, 5.74) is 1.40. The first-order valence-corrected chi connectivity index (χ1v) is 9.48. The molecule has 0 spiro atoms. The summed E-state index contributed by atoms with van der Waals surface area (Å²) >= 11 is 0. The van der Waals surface area contributed by atoms with Gasteiger partial charge in [0.2, 0.25) is 10.0 Å². The van der Waals surface area contributed by atoms with Gasteiger partial charge in [0.05, 0.1) is 12.0 Å². The molecule has 0 saturated carbocycles. The number of sulfonamides is 1. The highest BCUT2D eigenvalue weighted by atomic mass is 32.2. The Kier molecular flexibility index (Phi) is 6.59. The zero-order valence-electron chi connectivity index (χ0n) is 15.0. The van der Waals surface area contributed by atoms with Gasteiger partial charge in [-0.15, -0.1) is 0 Å². The number of hydrogen-bond acceptors (Lipinski definition) is 4. The Balaban J connectivity index is 1.94. The molecule has 2 aromatic carbocycles. The van der Waals surface area contributed by atoms with Crippen molar-refractivity contribution >= 4 is 21.7 Å². The second-order valence-corrected chi connectivity index (χ2v) is 7.91. The van der Waals surface area contributed by atoms with Crippen LogP contribution in [0.2, 0.25) is 0 Å². The van der Waals surface area contributed by atoms with Gasteiger partial charge in [0, 0.05) is 26.3 Å². The number of nitrogens with zero attached hydrogens (tertiary/aromatic N) is 1. The largest absolute Gasteiger partial charge is 0.496 e. The average molecular weight is 377 g/mol. The second kappa shape index (κ2) is 8.68. The Bertz CT molecular complexity index is 866. The molecular weight excluding hydrogens is 354 g/mol. The van der Waals surface area contributed by atoms with Crippen LogP contribution in [0.25, 0.3) is 0 Å². The number of carbonyl (C=O) groups is 1. The van der Waals surface area contributed by atoms with E-state index in [2.05, 4.69) is 10.6 Å². The fourth-order valence-electron chi connectivity index (χ4n) is 2.34. The summed E-state index contributed by atoms with van der Waals surface area (Å²) in [7, 11) is 0.973. The standard InChI is InChI=1S/C18H23N3O4S/c1-21(2)26(23,24)16-9-6-8-15(13-16)20-18(22)19-12-11-14-7-4-5-10-17(14)25-3/h4-10,13H,11-12H2,1-3H3,(H2,19,20,22). The van der Waals surface area contributed by atoms with Gasteiger partial charge in [-0.1, -0.05) is 24.3 Å². The molecule has 0 saturated heterocycles. The number of urea groups is 1. The lowest BCUT2D eigenvalue weighted by molar-refractivity contribution is 0.252. The summed E-state index contributed by atoms with van der Waals surface area (Å²) in [6.45, 7) is 0.419. The first-order valence-electron chi connectivity index (χ1n) is 8.04. The number of amides is 2. The summed E-state index contributed by atoms with van der Waals surface area (Å²) in [6, 6.07) is 13.3. The van der Waals surface area contributed by atoms with Crippen molar-refractivity contribution in [2.75, 3.05) is 33.1 Å². The Hall–Kier alpha value is -2.58. The van der Waals surface area contributed by atoms with E-state index in [1.807, 2.05) is 24.3 Å². The highest BCUT2D eigenvalue weighted by Crippen LogP contribution is 2.18. The number of carbonyl (C=O) groups excluding carboxylic acids is 1. The van der Waals surface area contributed by atoms with Crippen LogP contribution in [0.5, 0.6) is 5.75 Å². The molecule has 0 unspecified atom stereocenters. The monoisotopic (exact) mass is 377 g/mol. The SMILES string of the molecule is COc1ccccc1CCNC(=O)Nc1cccc(S(=O)(=O)N(C)C)c1. The van der Waals surface area contributed by atoms with Gasteiger partial charge in [0.15, 0.2) is 0 Å². The van der Waals surface area contributed by atoms with Gasteiger partial charge in [0.1, 0.15) is 5.75 Å². The molecule has 0 atom stereocenters. The maximum absolute atomic E-state index is 12.1. The van der Waals surface area contributed by atoms with Crippen molar-refractivity contribution in [3.63, 3.8) is 0 Å². The molecule has 0 aliphatic rings. The van der Waals surface area contributed by atoms with Gasteiger partial charge >= 0.3 is 6.03 Å². The van der Waals surface area contributed by atoms with Crippen molar-refractivity contribution in [3.8, 4) is 5.75 Å². The molecule has 2 N–H and O–H groups in total. The van der Waals surface area contributed by atoms with E-state index in [9.17, 15) is 13.2 Å². The van der Waals surface area contributed by atoms with Crippen LogP contribution in [0.4, 0.5) is 10.5 Å². The van der Waals surface area contributed by atoms with Gasteiger partial charge in [-0.25, -0.2) is 17.5 Å². The molecule has 2 amide bonds. The predicted molar refractivity (Wildman–Crippen MR) is 101 cm³/mol. The predicted octanol–water partition coefficient (Wildman–Crippen LogP) is 2.31. The summed E-state index contributed by atoms with van der Waals surface area (Å²) in [5, 5.41) is 5.39. The maximum Gasteiger partial charge on any atom is 0.319 e. The van der Waals surface area contributed by atoms with Crippen LogP contribution in [0.1, 0.15) is 5.56 Å². The molecule has 0 bridgehead atoms. The highest BCUT2D eigenvalue weighted by molar-refractivity contribution is 7.89. The van der Waals surface area contributed by atoms with Crippen LogP contribution in [-0.2, 0) is 16.4 Å². The van der Waals surface area contributed by atoms with E-state index in [0.29, 0.717) is 18.7 Å². The van der Waals surface area contributed by atoms with Crippen LogP contribution in [0.3, 0.4) is 0 Å². The van der Waals surface area contributed by atoms with Gasteiger partial charge in [-0.2, -0.15) is 0 Å². The molecular formula is C18H23N3O4S. The first-order chi connectivity index (χ1) is 12.3. The van der Waals surface area contributed by atoms with E-state index >= 15 is 0 Å². The number of ether oxygens (including phenoxy) is 1. The quantitative estimate of drug-likeness (QED) is 0.775. The lowest BCUT2D eigenvalue weighted by Crippen LogP contribution is -2.30. The lowest BCUT2D eigenvalue weighted by Gasteiger charge is -2.13. The number of hydrogen-bond donors (Lipinski definition) is 2. The van der Waals surface area contributed by atoms with Crippen molar-refractivity contribution < 1.29 is 17.9 Å². The molecule has 26 heavy (non-hydrogen) atoms. The van der Waals surface area contributed by atoms with Crippen molar-refractivity contribution in [2.24, 2.45) is 0 Å². The molecule has 0 radical (unpaired) electrons. The third-order valence-corrected chi connectivity index (χ3v) is 5.55. The van der Waals surface area contributed by atoms with Crippen LogP contribution in [-0.4, -0.2) is 46.5 Å². The van der Waals surface area contributed by atoms with Crippen molar-refractivity contribution in [1.29, 1.82) is 0 Å². The summed E-state index contributed by atoms with van der Waals surface area (Å²) in [5.74, 6) is 0.774. The van der Waals surface area contributed by atoms with Gasteiger partial charge in [-0.05, 0) is 36.2 Å². The van der Waals surface area contributed by atoms with Crippen molar-refractivity contribution in [2.45, 2.75) is 11.3 Å². The molecule has 0 aliphatic carbocycles. The Morgan fingerprint density at radius 3 is 2.54 bits per heavy atom. The number of rotatable bonds is 7. The third-order valence-electron chi connectivity index (χ3n) is 3.74. The number of methoxy groups -OCH3 is 1.